The first-order chi connectivity index (χ1) is 8.39. The molecule has 1 N–H and O–H groups in total. The number of furan rings is 1. The van der Waals surface area contributed by atoms with Gasteiger partial charge in [-0.2, -0.15) is 13.2 Å². The summed E-state index contributed by atoms with van der Waals surface area (Å²) in [4.78, 5) is 0. The maximum atomic E-state index is 12.7. The van der Waals surface area contributed by atoms with Crippen LogP contribution in [0.15, 0.2) is 45.5 Å². The third-order valence-corrected chi connectivity index (χ3v) is 3.12. The van der Waals surface area contributed by atoms with E-state index in [0.29, 0.717) is 0 Å². The average Bonchev–Trinajstić information content (AvgIpc) is 2.80. The molecule has 18 heavy (non-hydrogen) atoms. The lowest BCUT2D eigenvalue weighted by atomic mass is 10.0. The Labute approximate surface area is 109 Å². The van der Waals surface area contributed by atoms with Crippen molar-refractivity contribution in [3.8, 4) is 0 Å². The van der Waals surface area contributed by atoms with Gasteiger partial charge in [-0.1, -0.05) is 22.0 Å². The molecule has 0 bridgehead atoms. The summed E-state index contributed by atoms with van der Waals surface area (Å²) in [6.07, 6.45) is -4.34. The normalized spacial score (nSPS) is 13.6. The van der Waals surface area contributed by atoms with Gasteiger partial charge in [-0.05, 0) is 29.8 Å². The SMILES string of the molecule is OC(c1ccc(Br)c(C(F)(F)F)c1)c1ccco1. The van der Waals surface area contributed by atoms with Gasteiger partial charge in [0.1, 0.15) is 11.9 Å². The Bertz CT molecular complexity index is 535. The van der Waals surface area contributed by atoms with Crippen molar-refractivity contribution in [1.29, 1.82) is 0 Å². The van der Waals surface area contributed by atoms with Crippen LogP contribution in [0.2, 0.25) is 0 Å². The minimum absolute atomic E-state index is 0.0644. The van der Waals surface area contributed by atoms with Crippen molar-refractivity contribution in [1.82, 2.24) is 0 Å². The molecule has 0 saturated heterocycles. The molecule has 0 aliphatic heterocycles. The number of aliphatic hydroxyl groups excluding tert-OH is 1. The lowest BCUT2D eigenvalue weighted by Gasteiger charge is -2.13. The summed E-state index contributed by atoms with van der Waals surface area (Å²) < 4.78 is 43.0. The fraction of sp³-hybridized carbons (Fsp3) is 0.167. The maximum Gasteiger partial charge on any atom is 0.417 e. The second-order valence-corrected chi connectivity index (χ2v) is 4.51. The molecular formula is C12H8BrF3O2. The third kappa shape index (κ3) is 2.59. The Kier molecular flexibility index (Phi) is 3.49. The van der Waals surface area contributed by atoms with E-state index in [1.54, 1.807) is 6.07 Å². The van der Waals surface area contributed by atoms with Gasteiger partial charge in [-0.15, -0.1) is 0 Å². The monoisotopic (exact) mass is 320 g/mol. The van der Waals surface area contributed by atoms with Gasteiger partial charge in [-0.25, -0.2) is 0 Å². The van der Waals surface area contributed by atoms with E-state index in [1.165, 1.54) is 24.5 Å². The summed E-state index contributed by atoms with van der Waals surface area (Å²) >= 11 is 2.84. The summed E-state index contributed by atoms with van der Waals surface area (Å²) in [7, 11) is 0. The van der Waals surface area contributed by atoms with E-state index < -0.39 is 17.8 Å². The number of hydrogen-bond donors (Lipinski definition) is 1. The van der Waals surface area contributed by atoms with E-state index in [9.17, 15) is 18.3 Å². The van der Waals surface area contributed by atoms with Crippen LogP contribution >= 0.6 is 15.9 Å². The van der Waals surface area contributed by atoms with Crippen LogP contribution in [0, 0.1) is 0 Å². The van der Waals surface area contributed by atoms with Gasteiger partial charge >= 0.3 is 6.18 Å². The Balaban J connectivity index is 2.42. The number of aliphatic hydroxyl groups is 1. The predicted octanol–water partition coefficient (Wildman–Crippen LogP) is 4.14. The van der Waals surface area contributed by atoms with Crippen LogP contribution in [0.3, 0.4) is 0 Å². The second kappa shape index (κ2) is 4.78. The van der Waals surface area contributed by atoms with Crippen LogP contribution in [0.25, 0.3) is 0 Å². The molecular weight excluding hydrogens is 313 g/mol. The standard InChI is InChI=1S/C12H8BrF3O2/c13-9-4-3-7(6-8(9)12(14,15)16)11(17)10-2-1-5-18-10/h1-6,11,17H. The fourth-order valence-electron chi connectivity index (χ4n) is 1.54. The number of benzene rings is 1. The largest absolute Gasteiger partial charge is 0.466 e. The van der Waals surface area contributed by atoms with Crippen LogP contribution in [0.4, 0.5) is 13.2 Å². The highest BCUT2D eigenvalue weighted by molar-refractivity contribution is 9.10. The highest BCUT2D eigenvalue weighted by Gasteiger charge is 2.33. The van der Waals surface area contributed by atoms with E-state index in [1.807, 2.05) is 0 Å². The van der Waals surface area contributed by atoms with Crippen molar-refractivity contribution in [3.63, 3.8) is 0 Å². The minimum Gasteiger partial charge on any atom is -0.466 e. The first-order valence-corrected chi connectivity index (χ1v) is 5.77. The summed E-state index contributed by atoms with van der Waals surface area (Å²) in [6, 6.07) is 6.62. The predicted molar refractivity (Wildman–Crippen MR) is 61.9 cm³/mol. The fourth-order valence-corrected chi connectivity index (χ4v) is 2.01. The summed E-state index contributed by atoms with van der Waals surface area (Å²) in [5, 5.41) is 9.89. The van der Waals surface area contributed by atoms with Crippen molar-refractivity contribution in [2.24, 2.45) is 0 Å². The van der Waals surface area contributed by atoms with E-state index in [4.69, 9.17) is 4.42 Å². The highest BCUT2D eigenvalue weighted by atomic mass is 79.9. The smallest absolute Gasteiger partial charge is 0.417 e. The van der Waals surface area contributed by atoms with Gasteiger partial charge in [0, 0.05) is 4.47 Å². The first kappa shape index (κ1) is 13.2. The molecule has 0 fully saturated rings. The molecule has 0 saturated carbocycles. The van der Waals surface area contributed by atoms with E-state index in [2.05, 4.69) is 15.9 Å². The Morgan fingerprint density at radius 3 is 2.50 bits per heavy atom. The van der Waals surface area contributed by atoms with E-state index in [-0.39, 0.29) is 15.8 Å². The molecule has 2 aromatic rings. The Hall–Kier alpha value is -1.27. The number of halogens is 4. The van der Waals surface area contributed by atoms with Crippen LogP contribution < -0.4 is 0 Å². The van der Waals surface area contributed by atoms with Gasteiger partial charge in [0.25, 0.3) is 0 Å². The highest BCUT2D eigenvalue weighted by Crippen LogP contribution is 2.37. The molecule has 1 atom stereocenters. The molecule has 1 heterocycles. The van der Waals surface area contributed by atoms with Gasteiger partial charge in [0.05, 0.1) is 11.8 Å². The lowest BCUT2D eigenvalue weighted by Crippen LogP contribution is -2.08. The summed E-state index contributed by atoms with van der Waals surface area (Å²) in [5.41, 5.74) is -0.703. The Morgan fingerprint density at radius 2 is 1.94 bits per heavy atom. The quantitative estimate of drug-likeness (QED) is 0.902. The zero-order valence-corrected chi connectivity index (χ0v) is 10.5. The van der Waals surface area contributed by atoms with Gasteiger partial charge in [0.15, 0.2) is 0 Å². The topological polar surface area (TPSA) is 33.4 Å². The molecule has 2 rings (SSSR count). The molecule has 0 aliphatic rings. The van der Waals surface area contributed by atoms with Crippen LogP contribution in [-0.2, 0) is 6.18 Å². The zero-order valence-electron chi connectivity index (χ0n) is 8.91. The summed E-state index contributed by atoms with van der Waals surface area (Å²) in [6.45, 7) is 0. The number of alkyl halides is 3. The van der Waals surface area contributed by atoms with Gasteiger partial charge < -0.3 is 9.52 Å². The maximum absolute atomic E-state index is 12.7. The molecule has 0 amide bonds. The molecule has 6 heteroatoms. The lowest BCUT2D eigenvalue weighted by molar-refractivity contribution is -0.138. The average molecular weight is 321 g/mol. The van der Waals surface area contributed by atoms with E-state index >= 15 is 0 Å². The van der Waals surface area contributed by atoms with Crippen LogP contribution in [0.1, 0.15) is 23.0 Å². The second-order valence-electron chi connectivity index (χ2n) is 3.65. The van der Waals surface area contributed by atoms with Crippen LogP contribution in [-0.4, -0.2) is 5.11 Å². The molecule has 1 aromatic heterocycles. The van der Waals surface area contributed by atoms with Crippen molar-refractivity contribution < 1.29 is 22.7 Å². The molecule has 96 valence electrons. The van der Waals surface area contributed by atoms with Crippen molar-refractivity contribution in [2.75, 3.05) is 0 Å². The van der Waals surface area contributed by atoms with Gasteiger partial charge in [-0.3, -0.25) is 0 Å². The molecule has 2 nitrogen and oxygen atoms in total. The van der Waals surface area contributed by atoms with Crippen molar-refractivity contribution in [3.05, 3.63) is 58.0 Å². The Morgan fingerprint density at radius 1 is 1.22 bits per heavy atom. The zero-order chi connectivity index (χ0) is 13.3. The van der Waals surface area contributed by atoms with Crippen molar-refractivity contribution >= 4 is 15.9 Å². The number of rotatable bonds is 2. The summed E-state index contributed by atoms with van der Waals surface area (Å²) in [5.74, 6) is 0.199. The molecule has 0 spiro atoms. The van der Waals surface area contributed by atoms with Crippen LogP contribution in [0.5, 0.6) is 0 Å². The minimum atomic E-state index is -4.47. The molecule has 0 aliphatic carbocycles. The molecule has 0 radical (unpaired) electrons. The van der Waals surface area contributed by atoms with Crippen molar-refractivity contribution in [2.45, 2.75) is 12.3 Å². The molecule has 1 aromatic carbocycles. The third-order valence-electron chi connectivity index (χ3n) is 2.42. The number of hydrogen-bond acceptors (Lipinski definition) is 2. The molecule has 1 unspecified atom stereocenters. The van der Waals surface area contributed by atoms with Gasteiger partial charge in [0.2, 0.25) is 0 Å². The first-order valence-electron chi connectivity index (χ1n) is 4.97. The van der Waals surface area contributed by atoms with E-state index in [0.717, 1.165) is 6.07 Å².